The van der Waals surface area contributed by atoms with Gasteiger partial charge in [0.1, 0.15) is 5.82 Å². The molecule has 0 spiro atoms. The average Bonchev–Trinajstić information content (AvgIpc) is 2.88. The Bertz CT molecular complexity index is 584. The molecule has 3 nitrogen and oxygen atoms in total. The van der Waals surface area contributed by atoms with E-state index in [1.807, 2.05) is 0 Å². The number of hydrogen-bond donors (Lipinski definition) is 1. The standard InChI is InChI=1S/C15H20BrN3S2/c1-4-14-18-15(21-19-14)20-13-7-12(16)6-5-11(13)9-17-8-10(2)3/h5-7,10,17H,4,8-9H2,1-3H3. The SMILES string of the molecule is CCc1nsc(Sc2cc(Br)ccc2CNCC(C)C)n1. The van der Waals surface area contributed by atoms with Crippen molar-refractivity contribution >= 4 is 39.2 Å². The van der Waals surface area contributed by atoms with Gasteiger partial charge in [-0.15, -0.1) is 0 Å². The molecule has 0 aliphatic carbocycles. The summed E-state index contributed by atoms with van der Waals surface area (Å²) in [5.74, 6) is 1.59. The summed E-state index contributed by atoms with van der Waals surface area (Å²) < 4.78 is 6.46. The average molecular weight is 386 g/mol. The van der Waals surface area contributed by atoms with E-state index in [2.05, 4.69) is 69.6 Å². The van der Waals surface area contributed by atoms with Gasteiger partial charge in [0.25, 0.3) is 0 Å². The van der Waals surface area contributed by atoms with Crippen molar-refractivity contribution < 1.29 is 0 Å². The molecule has 0 saturated carbocycles. The molecule has 0 aliphatic heterocycles. The van der Waals surface area contributed by atoms with Crippen molar-refractivity contribution in [2.75, 3.05) is 6.54 Å². The second-order valence-electron chi connectivity index (χ2n) is 5.21. The second-order valence-corrected chi connectivity index (χ2v) is 8.17. The van der Waals surface area contributed by atoms with E-state index in [1.165, 1.54) is 22.0 Å². The molecule has 0 amide bonds. The van der Waals surface area contributed by atoms with Crippen LogP contribution in [0.4, 0.5) is 0 Å². The molecule has 0 atom stereocenters. The fraction of sp³-hybridized carbons (Fsp3) is 0.467. The zero-order chi connectivity index (χ0) is 15.2. The van der Waals surface area contributed by atoms with E-state index in [1.54, 1.807) is 11.8 Å². The zero-order valence-electron chi connectivity index (χ0n) is 12.5. The van der Waals surface area contributed by atoms with E-state index in [4.69, 9.17) is 0 Å². The molecule has 1 N–H and O–H groups in total. The van der Waals surface area contributed by atoms with E-state index in [0.717, 1.165) is 34.1 Å². The van der Waals surface area contributed by atoms with Gasteiger partial charge in [-0.2, -0.15) is 4.37 Å². The number of nitrogens with zero attached hydrogens (tertiary/aromatic N) is 2. The molecule has 1 heterocycles. The molecular formula is C15H20BrN3S2. The fourth-order valence-corrected chi connectivity index (χ4v) is 4.12. The number of rotatable bonds is 7. The van der Waals surface area contributed by atoms with Crippen molar-refractivity contribution in [2.45, 2.75) is 43.0 Å². The van der Waals surface area contributed by atoms with Crippen LogP contribution in [0.2, 0.25) is 0 Å². The minimum absolute atomic E-state index is 0.659. The van der Waals surface area contributed by atoms with Gasteiger partial charge in [-0.25, -0.2) is 4.98 Å². The number of nitrogens with one attached hydrogen (secondary N) is 1. The topological polar surface area (TPSA) is 37.8 Å². The first-order valence-corrected chi connectivity index (χ1v) is 9.46. The Kier molecular flexibility index (Phi) is 6.67. The molecule has 0 saturated heterocycles. The lowest BCUT2D eigenvalue weighted by atomic mass is 10.2. The van der Waals surface area contributed by atoms with Gasteiger partial charge >= 0.3 is 0 Å². The predicted molar refractivity (Wildman–Crippen MR) is 94.1 cm³/mol. The van der Waals surface area contributed by atoms with E-state index < -0.39 is 0 Å². The molecule has 0 unspecified atom stereocenters. The monoisotopic (exact) mass is 385 g/mol. The molecule has 0 fully saturated rings. The van der Waals surface area contributed by atoms with Crippen molar-refractivity contribution in [3.05, 3.63) is 34.1 Å². The molecule has 0 bridgehead atoms. The Morgan fingerprint density at radius 2 is 2.19 bits per heavy atom. The summed E-state index contributed by atoms with van der Waals surface area (Å²) in [6, 6.07) is 6.42. The van der Waals surface area contributed by atoms with Gasteiger partial charge in [0.05, 0.1) is 0 Å². The highest BCUT2D eigenvalue weighted by Gasteiger charge is 2.09. The van der Waals surface area contributed by atoms with Crippen molar-refractivity contribution in [3.8, 4) is 0 Å². The number of halogens is 1. The summed E-state index contributed by atoms with van der Waals surface area (Å²) in [6.45, 7) is 8.43. The quantitative estimate of drug-likeness (QED) is 0.745. The summed E-state index contributed by atoms with van der Waals surface area (Å²) in [5.41, 5.74) is 1.30. The minimum atomic E-state index is 0.659. The first-order valence-electron chi connectivity index (χ1n) is 7.08. The van der Waals surface area contributed by atoms with Gasteiger partial charge in [0.2, 0.25) is 0 Å². The number of benzene rings is 1. The highest BCUT2D eigenvalue weighted by atomic mass is 79.9. The van der Waals surface area contributed by atoms with Gasteiger partial charge in [-0.05, 0) is 41.7 Å². The van der Waals surface area contributed by atoms with Gasteiger partial charge in [-0.1, -0.05) is 54.5 Å². The zero-order valence-corrected chi connectivity index (χ0v) is 15.7. The normalized spacial score (nSPS) is 11.3. The summed E-state index contributed by atoms with van der Waals surface area (Å²) in [6.07, 6.45) is 0.887. The number of aromatic nitrogens is 2. The Morgan fingerprint density at radius 3 is 2.86 bits per heavy atom. The predicted octanol–water partition coefficient (Wildman–Crippen LogP) is 4.76. The number of hydrogen-bond acceptors (Lipinski definition) is 5. The molecule has 0 radical (unpaired) electrons. The molecule has 0 aliphatic rings. The Balaban J connectivity index is 2.10. The molecule has 6 heteroatoms. The number of aryl methyl sites for hydroxylation is 1. The smallest absolute Gasteiger partial charge is 0.174 e. The van der Waals surface area contributed by atoms with Gasteiger partial charge in [0, 0.05) is 22.3 Å². The molecular weight excluding hydrogens is 366 g/mol. The summed E-state index contributed by atoms with van der Waals surface area (Å²) in [7, 11) is 0. The van der Waals surface area contributed by atoms with Gasteiger partial charge in [-0.3, -0.25) is 0 Å². The van der Waals surface area contributed by atoms with Crippen molar-refractivity contribution in [1.29, 1.82) is 0 Å². The second kappa shape index (κ2) is 8.27. The third-order valence-electron chi connectivity index (χ3n) is 2.86. The van der Waals surface area contributed by atoms with E-state index in [-0.39, 0.29) is 0 Å². The maximum atomic E-state index is 4.54. The Morgan fingerprint density at radius 1 is 1.38 bits per heavy atom. The maximum Gasteiger partial charge on any atom is 0.174 e. The lowest BCUT2D eigenvalue weighted by Gasteiger charge is -2.11. The van der Waals surface area contributed by atoms with E-state index in [9.17, 15) is 0 Å². The van der Waals surface area contributed by atoms with Crippen LogP contribution in [0.5, 0.6) is 0 Å². The van der Waals surface area contributed by atoms with Crippen LogP contribution in [-0.4, -0.2) is 15.9 Å². The molecule has 2 aromatic rings. The molecule has 114 valence electrons. The molecule has 21 heavy (non-hydrogen) atoms. The third kappa shape index (κ3) is 5.36. The van der Waals surface area contributed by atoms with Crippen LogP contribution in [0.15, 0.2) is 31.9 Å². The van der Waals surface area contributed by atoms with Gasteiger partial charge < -0.3 is 5.32 Å². The highest BCUT2D eigenvalue weighted by molar-refractivity contribution is 9.10. The van der Waals surface area contributed by atoms with Crippen LogP contribution in [-0.2, 0) is 13.0 Å². The van der Waals surface area contributed by atoms with Crippen LogP contribution in [0.1, 0.15) is 32.2 Å². The molecule has 1 aromatic carbocycles. The van der Waals surface area contributed by atoms with Crippen LogP contribution < -0.4 is 5.32 Å². The first-order chi connectivity index (χ1) is 10.1. The first kappa shape index (κ1) is 16.9. The molecule has 1 aromatic heterocycles. The molecule has 2 rings (SSSR count). The van der Waals surface area contributed by atoms with Crippen LogP contribution in [0.25, 0.3) is 0 Å². The van der Waals surface area contributed by atoms with Crippen LogP contribution in [0.3, 0.4) is 0 Å². The minimum Gasteiger partial charge on any atom is -0.312 e. The lowest BCUT2D eigenvalue weighted by molar-refractivity contribution is 0.550. The fourth-order valence-electron chi connectivity index (χ4n) is 1.78. The summed E-state index contributed by atoms with van der Waals surface area (Å²) in [5, 5.41) is 3.50. The van der Waals surface area contributed by atoms with E-state index in [0.29, 0.717) is 5.92 Å². The van der Waals surface area contributed by atoms with Gasteiger partial charge in [0.15, 0.2) is 4.34 Å². The Hall–Kier alpha value is -0.430. The van der Waals surface area contributed by atoms with Crippen LogP contribution in [0, 0.1) is 5.92 Å². The Labute approximate surface area is 143 Å². The van der Waals surface area contributed by atoms with Crippen molar-refractivity contribution in [1.82, 2.24) is 14.7 Å². The van der Waals surface area contributed by atoms with Crippen molar-refractivity contribution in [3.63, 3.8) is 0 Å². The largest absolute Gasteiger partial charge is 0.312 e. The summed E-state index contributed by atoms with van der Waals surface area (Å²) >= 11 is 6.73. The van der Waals surface area contributed by atoms with Crippen molar-refractivity contribution in [2.24, 2.45) is 5.92 Å². The van der Waals surface area contributed by atoms with E-state index >= 15 is 0 Å². The maximum absolute atomic E-state index is 4.54. The lowest BCUT2D eigenvalue weighted by Crippen LogP contribution is -2.19. The van der Waals surface area contributed by atoms with Crippen LogP contribution >= 0.6 is 39.2 Å². The third-order valence-corrected chi connectivity index (χ3v) is 5.24. The summed E-state index contributed by atoms with van der Waals surface area (Å²) in [4.78, 5) is 5.77. The highest BCUT2D eigenvalue weighted by Crippen LogP contribution is 2.33.